The van der Waals surface area contributed by atoms with Crippen LogP contribution in [0.1, 0.15) is 386 Å². The average molecular weight is 1070 g/mol. The molecule has 0 fully saturated rings. The van der Waals surface area contributed by atoms with Crippen molar-refractivity contribution < 1.29 is 24.5 Å². The number of hydrogen-bond donors (Lipinski definition) is 3. The minimum Gasteiger partial charge on any atom is -0.466 e. The Kier molecular flexibility index (Phi) is 64.4. The van der Waals surface area contributed by atoms with Crippen molar-refractivity contribution in [1.29, 1.82) is 0 Å². The zero-order valence-corrected chi connectivity index (χ0v) is 51.5. The molecule has 0 saturated carbocycles. The van der Waals surface area contributed by atoms with Crippen LogP contribution in [0.2, 0.25) is 0 Å². The maximum atomic E-state index is 12.5. The van der Waals surface area contributed by atoms with E-state index in [0.717, 1.165) is 38.5 Å². The molecule has 2 unspecified atom stereocenters. The fourth-order valence-electron chi connectivity index (χ4n) is 10.9. The Labute approximate surface area is 475 Å². The molecule has 0 aromatic heterocycles. The van der Waals surface area contributed by atoms with Gasteiger partial charge in [0.1, 0.15) is 0 Å². The lowest BCUT2D eigenvalue weighted by atomic mass is 10.0. The van der Waals surface area contributed by atoms with Crippen molar-refractivity contribution in [2.75, 3.05) is 13.2 Å². The van der Waals surface area contributed by atoms with Gasteiger partial charge in [0.25, 0.3) is 0 Å². The van der Waals surface area contributed by atoms with Crippen molar-refractivity contribution in [3.05, 3.63) is 24.3 Å². The van der Waals surface area contributed by atoms with Crippen LogP contribution in [-0.4, -0.2) is 47.4 Å². The van der Waals surface area contributed by atoms with Gasteiger partial charge in [-0.1, -0.05) is 340 Å². The predicted octanol–water partition coefficient (Wildman–Crippen LogP) is 22.1. The average Bonchev–Trinajstić information content (AvgIpc) is 3.42. The van der Waals surface area contributed by atoms with Gasteiger partial charge in [0, 0.05) is 12.8 Å². The number of amides is 1. The van der Waals surface area contributed by atoms with Crippen LogP contribution in [0.15, 0.2) is 24.3 Å². The lowest BCUT2D eigenvalue weighted by molar-refractivity contribution is -0.143. The smallest absolute Gasteiger partial charge is 0.305 e. The Morgan fingerprint density at radius 1 is 0.355 bits per heavy atom. The number of carbonyl (C=O) groups is 2. The summed E-state index contributed by atoms with van der Waals surface area (Å²) in [7, 11) is 0. The van der Waals surface area contributed by atoms with Crippen molar-refractivity contribution in [3.8, 4) is 0 Å². The molecule has 6 nitrogen and oxygen atoms in total. The van der Waals surface area contributed by atoms with Crippen LogP contribution >= 0.6 is 0 Å². The van der Waals surface area contributed by atoms with Crippen LogP contribution in [0.4, 0.5) is 0 Å². The van der Waals surface area contributed by atoms with Gasteiger partial charge in [-0.15, -0.1) is 0 Å². The number of unbranched alkanes of at least 4 members (excludes halogenated alkanes) is 52. The second kappa shape index (κ2) is 65.9. The molecule has 0 bridgehead atoms. The Hall–Kier alpha value is -1.66. The van der Waals surface area contributed by atoms with Crippen LogP contribution < -0.4 is 5.32 Å². The summed E-state index contributed by atoms with van der Waals surface area (Å²) in [6, 6.07) is -0.628. The van der Waals surface area contributed by atoms with E-state index in [0.29, 0.717) is 19.4 Å². The first-order chi connectivity index (χ1) is 37.5. The van der Waals surface area contributed by atoms with E-state index in [1.807, 2.05) is 6.08 Å². The lowest BCUT2D eigenvalue weighted by Gasteiger charge is -2.20. The maximum absolute atomic E-state index is 12.5. The molecule has 0 aromatic rings. The van der Waals surface area contributed by atoms with E-state index < -0.39 is 12.1 Å². The Balaban J connectivity index is 3.39. The molecule has 0 radical (unpaired) electrons. The largest absolute Gasteiger partial charge is 0.466 e. The van der Waals surface area contributed by atoms with Gasteiger partial charge < -0.3 is 20.3 Å². The first-order valence-corrected chi connectivity index (χ1v) is 34.6. The van der Waals surface area contributed by atoms with Gasteiger partial charge in [0.15, 0.2) is 0 Å². The summed E-state index contributed by atoms with van der Waals surface area (Å²) in [4.78, 5) is 24.5. The van der Waals surface area contributed by atoms with Crippen LogP contribution in [-0.2, 0) is 14.3 Å². The maximum Gasteiger partial charge on any atom is 0.305 e. The third-order valence-electron chi connectivity index (χ3n) is 16.2. The summed E-state index contributed by atoms with van der Waals surface area (Å²) in [5.41, 5.74) is 0. The topological polar surface area (TPSA) is 95.9 Å². The van der Waals surface area contributed by atoms with E-state index in [-0.39, 0.29) is 18.5 Å². The molecule has 0 aliphatic carbocycles. The molecule has 6 heteroatoms. The van der Waals surface area contributed by atoms with Crippen LogP contribution in [0.5, 0.6) is 0 Å². The van der Waals surface area contributed by atoms with Gasteiger partial charge in [-0.2, -0.15) is 0 Å². The second-order valence-electron chi connectivity index (χ2n) is 23.9. The standard InChI is InChI=1S/C70H135NO5/c1-3-5-7-9-11-13-15-17-18-19-32-35-39-42-46-50-54-58-62-68(73)67(66-72)71-69(74)63-59-55-51-47-43-40-36-33-30-28-26-24-22-20-21-23-25-27-29-31-34-37-41-45-49-53-57-61-65-76-70(75)64-60-56-52-48-44-38-16-14-12-10-8-6-4-2/h20-21,58,62,67-68,72-73H,3-19,22-57,59-61,63-66H2,1-2H3,(H,71,74)/b21-20-,62-58+. The number of allylic oxidation sites excluding steroid dienone is 3. The molecular weight excluding hydrogens is 935 g/mol. The normalized spacial score (nSPS) is 12.6. The summed E-state index contributed by atoms with van der Waals surface area (Å²) < 4.78 is 5.49. The van der Waals surface area contributed by atoms with Crippen molar-refractivity contribution in [2.45, 2.75) is 398 Å². The minimum absolute atomic E-state index is 0.0176. The van der Waals surface area contributed by atoms with E-state index in [1.54, 1.807) is 6.08 Å². The van der Waals surface area contributed by atoms with Gasteiger partial charge in [0.05, 0.1) is 25.4 Å². The highest BCUT2D eigenvalue weighted by Gasteiger charge is 2.18. The van der Waals surface area contributed by atoms with Gasteiger partial charge in [0.2, 0.25) is 5.91 Å². The molecule has 0 saturated heterocycles. The molecule has 0 rings (SSSR count). The predicted molar refractivity (Wildman–Crippen MR) is 333 cm³/mol. The fourth-order valence-corrected chi connectivity index (χ4v) is 10.9. The highest BCUT2D eigenvalue weighted by Crippen LogP contribution is 2.18. The first kappa shape index (κ1) is 74.3. The van der Waals surface area contributed by atoms with Crippen molar-refractivity contribution in [3.63, 3.8) is 0 Å². The zero-order valence-electron chi connectivity index (χ0n) is 51.5. The summed E-state index contributed by atoms with van der Waals surface area (Å²) in [6.45, 7) is 4.94. The third kappa shape index (κ3) is 61.6. The minimum atomic E-state index is -0.844. The summed E-state index contributed by atoms with van der Waals surface area (Å²) in [5, 5.41) is 23.2. The van der Waals surface area contributed by atoms with Crippen molar-refractivity contribution in [1.82, 2.24) is 5.32 Å². The van der Waals surface area contributed by atoms with Crippen LogP contribution in [0, 0.1) is 0 Å². The van der Waals surface area contributed by atoms with Crippen molar-refractivity contribution in [2.24, 2.45) is 0 Å². The van der Waals surface area contributed by atoms with E-state index >= 15 is 0 Å². The SMILES string of the molecule is CCCCCCCCCCCCCCCCCC/C=C/C(O)C(CO)NC(=O)CCCCCCCCCCCCCC/C=C\CCCCCCCCCCCCCCOC(=O)CCCCCCCCCCCCCCC. The van der Waals surface area contributed by atoms with Gasteiger partial charge in [-0.25, -0.2) is 0 Å². The van der Waals surface area contributed by atoms with Crippen LogP contribution in [0.25, 0.3) is 0 Å². The molecule has 0 heterocycles. The van der Waals surface area contributed by atoms with Gasteiger partial charge >= 0.3 is 5.97 Å². The number of carbonyl (C=O) groups excluding carboxylic acids is 2. The molecule has 0 aliphatic rings. The molecule has 0 aromatic carbocycles. The highest BCUT2D eigenvalue weighted by molar-refractivity contribution is 5.76. The monoisotopic (exact) mass is 1070 g/mol. The number of nitrogens with one attached hydrogen (secondary N) is 1. The van der Waals surface area contributed by atoms with E-state index in [1.165, 1.54) is 321 Å². The molecular formula is C70H135NO5. The summed E-state index contributed by atoms with van der Waals surface area (Å²) in [6.07, 6.45) is 82.5. The third-order valence-corrected chi connectivity index (χ3v) is 16.2. The van der Waals surface area contributed by atoms with Crippen molar-refractivity contribution >= 4 is 11.9 Å². The Morgan fingerprint density at radius 2 is 0.618 bits per heavy atom. The quantitative estimate of drug-likeness (QED) is 0.0320. The van der Waals surface area contributed by atoms with E-state index in [9.17, 15) is 19.8 Å². The molecule has 450 valence electrons. The fraction of sp³-hybridized carbons (Fsp3) is 0.914. The number of esters is 1. The number of ether oxygens (including phenoxy) is 1. The molecule has 0 spiro atoms. The highest BCUT2D eigenvalue weighted by atomic mass is 16.5. The number of aliphatic hydroxyl groups excluding tert-OH is 2. The summed E-state index contributed by atoms with van der Waals surface area (Å²) in [5.74, 6) is -0.0470. The molecule has 2 atom stereocenters. The Bertz CT molecular complexity index is 1190. The van der Waals surface area contributed by atoms with Gasteiger partial charge in [-0.05, 0) is 57.8 Å². The Morgan fingerprint density at radius 3 is 0.934 bits per heavy atom. The molecule has 0 aliphatic heterocycles. The van der Waals surface area contributed by atoms with E-state index in [2.05, 4.69) is 31.3 Å². The number of hydrogen-bond acceptors (Lipinski definition) is 5. The molecule has 3 N–H and O–H groups in total. The second-order valence-corrected chi connectivity index (χ2v) is 23.9. The first-order valence-electron chi connectivity index (χ1n) is 34.6. The zero-order chi connectivity index (χ0) is 55.0. The number of aliphatic hydroxyl groups is 2. The molecule has 76 heavy (non-hydrogen) atoms. The molecule has 1 amide bonds. The van der Waals surface area contributed by atoms with Crippen LogP contribution in [0.3, 0.4) is 0 Å². The van der Waals surface area contributed by atoms with E-state index in [4.69, 9.17) is 4.74 Å². The lowest BCUT2D eigenvalue weighted by Crippen LogP contribution is -2.45. The van der Waals surface area contributed by atoms with Gasteiger partial charge in [-0.3, -0.25) is 9.59 Å². The summed E-state index contributed by atoms with van der Waals surface area (Å²) >= 11 is 0. The number of rotatable bonds is 65.